The average Bonchev–Trinajstić information content (AvgIpc) is 3.41. The fraction of sp³-hybridized carbons (Fsp3) is 0.407. The van der Waals surface area contributed by atoms with Crippen molar-refractivity contribution in [3.63, 3.8) is 0 Å². The van der Waals surface area contributed by atoms with Gasteiger partial charge in [0, 0.05) is 37.9 Å². The maximum absolute atomic E-state index is 14.1. The molecule has 3 aromatic rings. The molecule has 0 spiro atoms. The van der Waals surface area contributed by atoms with Crippen molar-refractivity contribution in [2.45, 2.75) is 43.8 Å². The second-order valence-electron chi connectivity index (χ2n) is 10.0. The van der Waals surface area contributed by atoms with Crippen LogP contribution >= 0.6 is 23.2 Å². The average molecular weight is 557 g/mol. The zero-order valence-corrected chi connectivity index (χ0v) is 23.4. The summed E-state index contributed by atoms with van der Waals surface area (Å²) in [6.45, 7) is 4.49. The largest absolute Gasteiger partial charge is 0.480 e. The number of halogens is 2. The number of amides is 2. The number of carbonyl (C=O) groups excluding carboxylic acids is 2. The third-order valence-electron chi connectivity index (χ3n) is 7.06. The number of fused-ring (bicyclic) bond motifs is 1. The van der Waals surface area contributed by atoms with Crippen LogP contribution in [0.5, 0.6) is 5.88 Å². The summed E-state index contributed by atoms with van der Waals surface area (Å²) in [7, 11) is 5.30. The highest BCUT2D eigenvalue weighted by Crippen LogP contribution is 2.46. The number of ether oxygens (including phenoxy) is 1. The smallest absolute Gasteiger partial charge is 0.256 e. The van der Waals surface area contributed by atoms with Gasteiger partial charge in [-0.15, -0.1) is 11.6 Å². The first kappa shape index (κ1) is 26.3. The predicted molar refractivity (Wildman–Crippen MR) is 147 cm³/mol. The van der Waals surface area contributed by atoms with E-state index in [1.165, 1.54) is 0 Å². The zero-order chi connectivity index (χ0) is 27.3. The molecule has 0 saturated carbocycles. The summed E-state index contributed by atoms with van der Waals surface area (Å²) in [5.74, 6) is 0.624. The number of benzene rings is 1. The summed E-state index contributed by atoms with van der Waals surface area (Å²) in [6.07, 6.45) is 2.11. The molecule has 0 aliphatic carbocycles. The van der Waals surface area contributed by atoms with Gasteiger partial charge in [-0.05, 0) is 44.0 Å². The lowest BCUT2D eigenvalue weighted by molar-refractivity contribution is -0.122. The Bertz CT molecular complexity index is 1390. The second-order valence-corrected chi connectivity index (χ2v) is 11.0. The number of carbonyl (C=O) groups is 2. The molecule has 38 heavy (non-hydrogen) atoms. The first-order valence-corrected chi connectivity index (χ1v) is 13.3. The van der Waals surface area contributed by atoms with Crippen LogP contribution in [0, 0.1) is 0 Å². The first-order valence-electron chi connectivity index (χ1n) is 12.5. The van der Waals surface area contributed by atoms with Crippen LogP contribution < -0.4 is 15.0 Å². The Balaban J connectivity index is 1.70. The van der Waals surface area contributed by atoms with Crippen LogP contribution in [0.2, 0.25) is 5.02 Å². The van der Waals surface area contributed by atoms with Gasteiger partial charge < -0.3 is 24.4 Å². The van der Waals surface area contributed by atoms with Gasteiger partial charge in [-0.25, -0.2) is 4.98 Å². The summed E-state index contributed by atoms with van der Waals surface area (Å²) in [5, 5.41) is 2.76. The van der Waals surface area contributed by atoms with Crippen LogP contribution in [0.1, 0.15) is 54.0 Å². The molecule has 0 bridgehead atoms. The molecule has 2 aromatic heterocycles. The van der Waals surface area contributed by atoms with E-state index in [1.807, 2.05) is 49.3 Å². The van der Waals surface area contributed by atoms with E-state index in [0.29, 0.717) is 40.9 Å². The number of methoxy groups -OCH3 is 1. The van der Waals surface area contributed by atoms with Gasteiger partial charge in [-0.2, -0.15) is 4.98 Å². The molecular weight excluding hydrogens is 527 g/mol. The van der Waals surface area contributed by atoms with Crippen LogP contribution in [-0.2, 0) is 4.79 Å². The van der Waals surface area contributed by atoms with Crippen molar-refractivity contribution in [1.82, 2.24) is 24.8 Å². The van der Waals surface area contributed by atoms with Crippen molar-refractivity contribution < 1.29 is 14.3 Å². The molecule has 1 saturated heterocycles. The Kier molecular flexibility index (Phi) is 7.00. The van der Waals surface area contributed by atoms with Crippen molar-refractivity contribution in [2.75, 3.05) is 32.6 Å². The van der Waals surface area contributed by atoms with Gasteiger partial charge in [-0.3, -0.25) is 9.59 Å². The molecule has 3 unspecified atom stereocenters. The van der Waals surface area contributed by atoms with Gasteiger partial charge in [0.2, 0.25) is 17.7 Å². The van der Waals surface area contributed by atoms with E-state index in [2.05, 4.69) is 33.7 Å². The second kappa shape index (κ2) is 10.1. The van der Waals surface area contributed by atoms with Gasteiger partial charge in [0.25, 0.3) is 5.91 Å². The topological polar surface area (TPSA) is 92.6 Å². The number of nitrogens with one attached hydrogen (secondary N) is 1. The molecule has 9 nitrogen and oxygen atoms in total. The standard InChI is InChI=1S/C27H30Cl2N6O3/c1-14(2)34-21(19-13-31-27(33(3)4)32-25(19)38-5)11-18-23(34)22(15-6-8-16(28)9-7-15)35(26(18)37)17-10-20(29)24(36)30-12-17/h6-9,11,13-14,17,20,22H,10,12H2,1-5H3,(H,30,36). The van der Waals surface area contributed by atoms with Crippen LogP contribution in [0.15, 0.2) is 36.5 Å². The molecular formula is C27H30Cl2N6O3. The van der Waals surface area contributed by atoms with Crippen molar-refractivity contribution >= 4 is 41.0 Å². The fourth-order valence-corrected chi connectivity index (χ4v) is 5.77. The molecule has 3 atom stereocenters. The summed E-state index contributed by atoms with van der Waals surface area (Å²) in [4.78, 5) is 38.9. The molecule has 1 aromatic carbocycles. The fourth-order valence-electron chi connectivity index (χ4n) is 5.36. The van der Waals surface area contributed by atoms with E-state index in [9.17, 15) is 9.59 Å². The number of alkyl halides is 1. The lowest BCUT2D eigenvalue weighted by Gasteiger charge is -2.38. The van der Waals surface area contributed by atoms with Crippen molar-refractivity contribution in [1.29, 1.82) is 0 Å². The van der Waals surface area contributed by atoms with Crippen molar-refractivity contribution in [3.8, 4) is 17.1 Å². The number of nitrogens with zero attached hydrogens (tertiary/aromatic N) is 5. The van der Waals surface area contributed by atoms with E-state index < -0.39 is 11.4 Å². The number of anilines is 1. The molecule has 0 radical (unpaired) electrons. The third-order valence-corrected chi connectivity index (χ3v) is 7.69. The highest BCUT2D eigenvalue weighted by Gasteiger charge is 2.47. The van der Waals surface area contributed by atoms with E-state index in [1.54, 1.807) is 18.2 Å². The molecule has 5 rings (SSSR count). The van der Waals surface area contributed by atoms with E-state index in [4.69, 9.17) is 27.9 Å². The predicted octanol–water partition coefficient (Wildman–Crippen LogP) is 4.30. The Morgan fingerprint density at radius 3 is 2.47 bits per heavy atom. The lowest BCUT2D eigenvalue weighted by atomic mass is 9.99. The number of hydrogen-bond donors (Lipinski definition) is 1. The number of hydrogen-bond acceptors (Lipinski definition) is 6. The Morgan fingerprint density at radius 1 is 1.16 bits per heavy atom. The van der Waals surface area contributed by atoms with E-state index in [-0.39, 0.29) is 23.9 Å². The minimum atomic E-state index is -0.702. The van der Waals surface area contributed by atoms with Crippen molar-refractivity contribution in [3.05, 3.63) is 58.4 Å². The molecule has 2 amide bonds. The van der Waals surface area contributed by atoms with Crippen LogP contribution in [0.25, 0.3) is 11.3 Å². The summed E-state index contributed by atoms with van der Waals surface area (Å²) >= 11 is 12.6. The van der Waals surface area contributed by atoms with Gasteiger partial charge in [0.1, 0.15) is 5.38 Å². The maximum atomic E-state index is 14.1. The van der Waals surface area contributed by atoms with Crippen molar-refractivity contribution in [2.24, 2.45) is 0 Å². The summed E-state index contributed by atoms with van der Waals surface area (Å²) < 4.78 is 7.82. The van der Waals surface area contributed by atoms with Gasteiger partial charge in [0.15, 0.2) is 0 Å². The summed E-state index contributed by atoms with van der Waals surface area (Å²) in [6, 6.07) is 8.76. The maximum Gasteiger partial charge on any atom is 0.256 e. The van der Waals surface area contributed by atoms with Crippen LogP contribution in [0.4, 0.5) is 5.95 Å². The Morgan fingerprint density at radius 2 is 1.87 bits per heavy atom. The number of aromatic nitrogens is 3. The van der Waals surface area contributed by atoms with Crippen LogP contribution in [-0.4, -0.2) is 70.4 Å². The first-order chi connectivity index (χ1) is 18.1. The van der Waals surface area contributed by atoms with Gasteiger partial charge >= 0.3 is 0 Å². The van der Waals surface area contributed by atoms with E-state index in [0.717, 1.165) is 17.0 Å². The minimum absolute atomic E-state index is 0.00126. The highest BCUT2D eigenvalue weighted by molar-refractivity contribution is 6.31. The molecule has 11 heteroatoms. The molecule has 1 N–H and O–H groups in total. The summed E-state index contributed by atoms with van der Waals surface area (Å²) in [5.41, 5.74) is 3.87. The molecule has 200 valence electrons. The normalized spacial score (nSPS) is 21.1. The third kappa shape index (κ3) is 4.37. The molecule has 2 aliphatic rings. The zero-order valence-electron chi connectivity index (χ0n) is 21.9. The minimum Gasteiger partial charge on any atom is -0.480 e. The number of rotatable bonds is 6. The Labute approximate surface area is 231 Å². The van der Waals surface area contributed by atoms with Crippen LogP contribution in [0.3, 0.4) is 0 Å². The number of piperidine rings is 1. The van der Waals surface area contributed by atoms with Gasteiger partial charge in [-0.1, -0.05) is 23.7 Å². The van der Waals surface area contributed by atoms with Gasteiger partial charge in [0.05, 0.1) is 41.7 Å². The molecule has 4 heterocycles. The molecule has 1 fully saturated rings. The lowest BCUT2D eigenvalue weighted by Crippen LogP contribution is -2.53. The monoisotopic (exact) mass is 556 g/mol. The highest BCUT2D eigenvalue weighted by atomic mass is 35.5. The molecule has 2 aliphatic heterocycles. The Hall–Kier alpha value is -3.30. The van der Waals surface area contributed by atoms with E-state index >= 15 is 0 Å². The SMILES string of the molecule is COc1nc(N(C)C)ncc1-c1cc2c(n1C(C)C)C(c1ccc(Cl)cc1)N(C1CNC(=O)C(Cl)C1)C2=O. The quantitative estimate of drug-likeness (QED) is 0.455.